The smallest absolute Gasteiger partial charge is 0.263 e. The summed E-state index contributed by atoms with van der Waals surface area (Å²) in [4.78, 5) is 29.6. The third-order valence-corrected chi connectivity index (χ3v) is 6.22. The summed E-state index contributed by atoms with van der Waals surface area (Å²) in [6.07, 6.45) is 0.220. The van der Waals surface area contributed by atoms with Gasteiger partial charge in [0.1, 0.15) is 5.75 Å². The lowest BCUT2D eigenvalue weighted by Gasteiger charge is -2.39. The molecule has 2 amide bonds. The van der Waals surface area contributed by atoms with E-state index >= 15 is 0 Å². The minimum atomic E-state index is -0.585. The standard InChI is InChI=1S/C26H32N2O4/c1-18(2)25(29)28-12-11-20-9-10-22(17-23(20)24(28)21-7-5-4-6-8-21)32-19(3)26(30)27-13-15-31-16-14-27/h4-10,17-19,24H,11-16H2,1-3H3/t19-,24+/m1/s1. The van der Waals surface area contributed by atoms with E-state index in [9.17, 15) is 9.59 Å². The molecule has 0 unspecified atom stereocenters. The normalized spacial score (nSPS) is 19.4. The molecule has 2 heterocycles. The van der Waals surface area contributed by atoms with E-state index in [1.807, 2.05) is 49.1 Å². The highest BCUT2D eigenvalue weighted by Gasteiger charge is 2.33. The molecular weight excluding hydrogens is 404 g/mol. The predicted octanol–water partition coefficient (Wildman–Crippen LogP) is 3.44. The molecule has 6 nitrogen and oxygen atoms in total. The molecule has 0 aromatic heterocycles. The summed E-state index contributed by atoms with van der Waals surface area (Å²) in [6.45, 7) is 8.69. The lowest BCUT2D eigenvalue weighted by molar-refractivity contribution is -0.142. The molecule has 0 aliphatic carbocycles. The second kappa shape index (κ2) is 9.74. The zero-order valence-electron chi connectivity index (χ0n) is 19.1. The third-order valence-electron chi connectivity index (χ3n) is 6.22. The summed E-state index contributed by atoms with van der Waals surface area (Å²) < 4.78 is 11.4. The maximum absolute atomic E-state index is 13.1. The van der Waals surface area contributed by atoms with Gasteiger partial charge in [0.2, 0.25) is 5.91 Å². The van der Waals surface area contributed by atoms with Crippen molar-refractivity contribution in [1.82, 2.24) is 9.80 Å². The summed E-state index contributed by atoms with van der Waals surface area (Å²) in [5, 5.41) is 0. The van der Waals surface area contributed by atoms with Crippen LogP contribution < -0.4 is 4.74 Å². The van der Waals surface area contributed by atoms with Crippen LogP contribution in [0.4, 0.5) is 0 Å². The van der Waals surface area contributed by atoms with E-state index in [1.54, 1.807) is 11.8 Å². The van der Waals surface area contributed by atoms with Crippen LogP contribution in [0.2, 0.25) is 0 Å². The molecule has 2 aliphatic heterocycles. The van der Waals surface area contributed by atoms with E-state index in [-0.39, 0.29) is 23.8 Å². The maximum atomic E-state index is 13.1. The Morgan fingerprint density at radius 1 is 0.969 bits per heavy atom. The van der Waals surface area contributed by atoms with Crippen LogP contribution in [0.5, 0.6) is 5.75 Å². The summed E-state index contributed by atoms with van der Waals surface area (Å²) in [5.41, 5.74) is 3.36. The number of benzene rings is 2. The summed E-state index contributed by atoms with van der Waals surface area (Å²) in [7, 11) is 0. The minimum Gasteiger partial charge on any atom is -0.481 e. The van der Waals surface area contributed by atoms with Crippen LogP contribution in [0.1, 0.15) is 43.5 Å². The van der Waals surface area contributed by atoms with E-state index in [1.165, 1.54) is 5.56 Å². The van der Waals surface area contributed by atoms with Gasteiger partial charge in [-0.25, -0.2) is 0 Å². The first-order chi connectivity index (χ1) is 15.5. The molecule has 1 saturated heterocycles. The molecule has 0 radical (unpaired) electrons. The molecule has 0 N–H and O–H groups in total. The van der Waals surface area contributed by atoms with Gasteiger partial charge in [-0.05, 0) is 42.2 Å². The van der Waals surface area contributed by atoms with Crippen LogP contribution >= 0.6 is 0 Å². The molecule has 2 aliphatic rings. The Balaban J connectivity index is 1.62. The van der Waals surface area contributed by atoms with Crippen LogP contribution in [-0.2, 0) is 20.7 Å². The summed E-state index contributed by atoms with van der Waals surface area (Å²) >= 11 is 0. The Morgan fingerprint density at radius 2 is 1.69 bits per heavy atom. The zero-order valence-corrected chi connectivity index (χ0v) is 19.1. The molecule has 170 valence electrons. The van der Waals surface area contributed by atoms with Crippen LogP contribution in [0.3, 0.4) is 0 Å². The number of hydrogen-bond donors (Lipinski definition) is 0. The highest BCUT2D eigenvalue weighted by Crippen LogP contribution is 2.38. The molecule has 0 saturated carbocycles. The lowest BCUT2D eigenvalue weighted by atomic mass is 9.87. The first-order valence-electron chi connectivity index (χ1n) is 11.5. The summed E-state index contributed by atoms with van der Waals surface area (Å²) in [6, 6.07) is 16.0. The van der Waals surface area contributed by atoms with Crippen molar-refractivity contribution >= 4 is 11.8 Å². The van der Waals surface area contributed by atoms with E-state index in [2.05, 4.69) is 18.2 Å². The first-order valence-corrected chi connectivity index (χ1v) is 11.5. The number of ether oxygens (including phenoxy) is 2. The van der Waals surface area contributed by atoms with Gasteiger partial charge in [-0.2, -0.15) is 0 Å². The van der Waals surface area contributed by atoms with Crippen molar-refractivity contribution in [2.75, 3.05) is 32.8 Å². The fraction of sp³-hybridized carbons (Fsp3) is 0.462. The molecule has 2 aromatic rings. The number of carbonyl (C=O) groups excluding carboxylic acids is 2. The number of nitrogens with zero attached hydrogens (tertiary/aromatic N) is 2. The average Bonchev–Trinajstić information content (AvgIpc) is 2.83. The molecule has 4 rings (SSSR count). The molecule has 1 fully saturated rings. The molecule has 0 spiro atoms. The van der Waals surface area contributed by atoms with Gasteiger partial charge < -0.3 is 19.3 Å². The van der Waals surface area contributed by atoms with Crippen LogP contribution in [0.15, 0.2) is 48.5 Å². The number of hydrogen-bond acceptors (Lipinski definition) is 4. The second-order valence-corrected chi connectivity index (χ2v) is 8.81. The monoisotopic (exact) mass is 436 g/mol. The van der Waals surface area contributed by atoms with Crippen molar-refractivity contribution in [1.29, 1.82) is 0 Å². The molecular formula is C26H32N2O4. The van der Waals surface area contributed by atoms with Gasteiger partial charge in [-0.3, -0.25) is 9.59 Å². The number of amides is 2. The van der Waals surface area contributed by atoms with E-state index < -0.39 is 6.10 Å². The fourth-order valence-corrected chi connectivity index (χ4v) is 4.53. The molecule has 2 atom stereocenters. The Bertz CT molecular complexity index is 954. The number of carbonyl (C=O) groups is 2. The van der Waals surface area contributed by atoms with Crippen LogP contribution in [0.25, 0.3) is 0 Å². The Hall–Kier alpha value is -2.86. The molecule has 6 heteroatoms. The average molecular weight is 437 g/mol. The predicted molar refractivity (Wildman–Crippen MR) is 122 cm³/mol. The topological polar surface area (TPSA) is 59.1 Å². The first kappa shape index (κ1) is 22.3. The molecule has 32 heavy (non-hydrogen) atoms. The van der Waals surface area contributed by atoms with Gasteiger partial charge in [0, 0.05) is 25.6 Å². The van der Waals surface area contributed by atoms with Crippen molar-refractivity contribution in [3.05, 3.63) is 65.2 Å². The van der Waals surface area contributed by atoms with Gasteiger partial charge in [0.15, 0.2) is 6.10 Å². The van der Waals surface area contributed by atoms with Crippen LogP contribution in [0, 0.1) is 5.92 Å². The fourth-order valence-electron chi connectivity index (χ4n) is 4.53. The summed E-state index contributed by atoms with van der Waals surface area (Å²) in [5.74, 6) is 0.694. The largest absolute Gasteiger partial charge is 0.481 e. The molecule has 0 bridgehead atoms. The van der Waals surface area contributed by atoms with Crippen molar-refractivity contribution in [2.45, 2.75) is 39.3 Å². The van der Waals surface area contributed by atoms with Gasteiger partial charge in [0.25, 0.3) is 5.91 Å². The number of rotatable bonds is 5. The lowest BCUT2D eigenvalue weighted by Crippen LogP contribution is -2.46. The van der Waals surface area contributed by atoms with Gasteiger partial charge in [-0.15, -0.1) is 0 Å². The minimum absolute atomic E-state index is 0.0257. The van der Waals surface area contributed by atoms with Crippen molar-refractivity contribution in [3.63, 3.8) is 0 Å². The SMILES string of the molecule is CC(C)C(=O)N1CCc2ccc(O[C@H](C)C(=O)N3CCOCC3)cc2[C@@H]1c1ccccc1. The second-order valence-electron chi connectivity index (χ2n) is 8.81. The maximum Gasteiger partial charge on any atom is 0.263 e. The van der Waals surface area contributed by atoms with Gasteiger partial charge in [0.05, 0.1) is 19.3 Å². The van der Waals surface area contributed by atoms with E-state index in [0.717, 1.165) is 17.5 Å². The van der Waals surface area contributed by atoms with E-state index in [4.69, 9.17) is 9.47 Å². The van der Waals surface area contributed by atoms with Crippen LogP contribution in [-0.4, -0.2) is 60.6 Å². The molecule has 2 aromatic carbocycles. The Kier molecular flexibility index (Phi) is 6.80. The zero-order chi connectivity index (χ0) is 22.7. The van der Waals surface area contributed by atoms with Crippen molar-refractivity contribution < 1.29 is 19.1 Å². The third kappa shape index (κ3) is 4.65. The van der Waals surface area contributed by atoms with Crippen molar-refractivity contribution in [3.8, 4) is 5.75 Å². The van der Waals surface area contributed by atoms with Crippen molar-refractivity contribution in [2.24, 2.45) is 5.92 Å². The van der Waals surface area contributed by atoms with Gasteiger partial charge in [-0.1, -0.05) is 50.2 Å². The number of fused-ring (bicyclic) bond motifs is 1. The number of morpholine rings is 1. The Morgan fingerprint density at radius 3 is 2.38 bits per heavy atom. The highest BCUT2D eigenvalue weighted by molar-refractivity contribution is 5.81. The quantitative estimate of drug-likeness (QED) is 0.721. The van der Waals surface area contributed by atoms with E-state index in [0.29, 0.717) is 38.6 Å². The Labute approximate surface area is 190 Å². The van der Waals surface area contributed by atoms with Gasteiger partial charge >= 0.3 is 0 Å². The highest BCUT2D eigenvalue weighted by atomic mass is 16.5.